The van der Waals surface area contributed by atoms with Crippen LogP contribution in [0.4, 0.5) is 23.0 Å². The van der Waals surface area contributed by atoms with Gasteiger partial charge in [-0.3, -0.25) is 9.59 Å². The van der Waals surface area contributed by atoms with E-state index in [1.807, 2.05) is 0 Å². The Hall–Kier alpha value is -3.33. The second kappa shape index (κ2) is 8.50. The minimum absolute atomic E-state index is 0.107. The minimum Gasteiger partial charge on any atom is -0.424 e. The first-order chi connectivity index (χ1) is 12.0. The van der Waals surface area contributed by atoms with Crippen LogP contribution in [0.15, 0.2) is 46.6 Å². The van der Waals surface area contributed by atoms with Gasteiger partial charge < -0.3 is 21.1 Å². The highest BCUT2D eigenvalue weighted by atomic mass is 16.5. The molecule has 0 atom stereocenters. The van der Waals surface area contributed by atoms with Crippen LogP contribution in [-0.2, 0) is 9.59 Å². The number of azo groups is 1. The van der Waals surface area contributed by atoms with E-state index in [0.717, 1.165) is 0 Å². The summed E-state index contributed by atoms with van der Waals surface area (Å²) in [5.41, 5.74) is 6.54. The van der Waals surface area contributed by atoms with Crippen molar-refractivity contribution in [3.8, 4) is 5.75 Å². The van der Waals surface area contributed by atoms with Crippen molar-refractivity contribution in [3.05, 3.63) is 36.4 Å². The smallest absolute Gasteiger partial charge is 0.308 e. The van der Waals surface area contributed by atoms with E-state index < -0.39 is 5.97 Å². The third-order valence-electron chi connectivity index (χ3n) is 2.89. The number of amides is 1. The van der Waals surface area contributed by atoms with Crippen LogP contribution in [0.3, 0.4) is 0 Å². The lowest BCUT2D eigenvalue weighted by atomic mass is 10.3. The molecule has 9 nitrogen and oxygen atoms in total. The van der Waals surface area contributed by atoms with Gasteiger partial charge >= 0.3 is 5.97 Å². The molecule has 1 aromatic carbocycles. The molecule has 0 spiro atoms. The highest BCUT2D eigenvalue weighted by Crippen LogP contribution is 2.30. The topological polar surface area (TPSA) is 131 Å². The summed E-state index contributed by atoms with van der Waals surface area (Å²) in [4.78, 5) is 26.7. The predicted molar refractivity (Wildman–Crippen MR) is 93.1 cm³/mol. The Morgan fingerprint density at radius 1 is 1.16 bits per heavy atom. The molecule has 0 fully saturated rings. The molecular formula is C16H18N6O3. The molecule has 1 aromatic heterocycles. The Bertz CT molecular complexity index is 806. The highest BCUT2D eigenvalue weighted by molar-refractivity contribution is 5.91. The van der Waals surface area contributed by atoms with Crippen LogP contribution in [0, 0.1) is 0 Å². The molecule has 0 saturated carbocycles. The average Bonchev–Trinajstić information content (AvgIpc) is 2.55. The molecule has 0 radical (unpaired) electrons. The molecule has 1 amide bonds. The van der Waals surface area contributed by atoms with Crippen molar-refractivity contribution < 1.29 is 14.3 Å². The van der Waals surface area contributed by atoms with E-state index in [-0.39, 0.29) is 18.3 Å². The van der Waals surface area contributed by atoms with Crippen LogP contribution in [0.2, 0.25) is 0 Å². The molecule has 130 valence electrons. The number of ether oxygens (including phenoxy) is 1. The molecule has 0 aliphatic rings. The summed E-state index contributed by atoms with van der Waals surface area (Å²) in [5, 5.41) is 13.4. The quantitative estimate of drug-likeness (QED) is 0.419. The molecule has 9 heteroatoms. The second-order valence-corrected chi connectivity index (χ2v) is 4.94. The maximum atomic E-state index is 11.5. The van der Waals surface area contributed by atoms with Crippen molar-refractivity contribution in [2.24, 2.45) is 10.2 Å². The monoisotopic (exact) mass is 342 g/mol. The lowest BCUT2D eigenvalue weighted by molar-refractivity contribution is -0.131. The predicted octanol–water partition coefficient (Wildman–Crippen LogP) is 2.16. The molecular weight excluding hydrogens is 324 g/mol. The third kappa shape index (κ3) is 5.36. The molecule has 1 heterocycles. The third-order valence-corrected chi connectivity index (χ3v) is 2.89. The lowest BCUT2D eigenvalue weighted by Crippen LogP contribution is -2.25. The van der Waals surface area contributed by atoms with Gasteiger partial charge in [-0.15, -0.1) is 10.2 Å². The molecule has 2 aromatic rings. The second-order valence-electron chi connectivity index (χ2n) is 4.94. The van der Waals surface area contributed by atoms with Crippen LogP contribution < -0.4 is 21.1 Å². The standard InChI is InChI=1S/C16H18N6O3/c1-10(23)25-13-6-4-3-5-11(13)21-22-12-7-8-14(20-16(12)17)19-15(24)9-18-2/h3-8,18H,9H2,1-2H3,(H3,17,19,20,24). The number of carbonyl (C=O) groups excluding carboxylic acids is 2. The van der Waals surface area contributed by atoms with E-state index in [4.69, 9.17) is 10.5 Å². The first-order valence-electron chi connectivity index (χ1n) is 7.39. The van der Waals surface area contributed by atoms with Crippen molar-refractivity contribution in [1.82, 2.24) is 10.3 Å². The zero-order chi connectivity index (χ0) is 18.2. The van der Waals surface area contributed by atoms with E-state index in [2.05, 4.69) is 25.8 Å². The van der Waals surface area contributed by atoms with Crippen molar-refractivity contribution >= 4 is 34.9 Å². The number of carbonyl (C=O) groups is 2. The lowest BCUT2D eigenvalue weighted by Gasteiger charge is -2.06. The molecule has 0 aliphatic heterocycles. The van der Waals surface area contributed by atoms with Crippen LogP contribution in [-0.4, -0.2) is 30.5 Å². The number of likely N-dealkylation sites (N-methyl/N-ethyl adjacent to an activating group) is 1. The summed E-state index contributed by atoms with van der Waals surface area (Å²) in [6.45, 7) is 1.47. The Balaban J connectivity index is 2.17. The van der Waals surface area contributed by atoms with Gasteiger partial charge in [0.05, 0.1) is 6.54 Å². The van der Waals surface area contributed by atoms with Crippen LogP contribution in [0.25, 0.3) is 0 Å². The van der Waals surface area contributed by atoms with E-state index in [0.29, 0.717) is 22.9 Å². The molecule has 0 bridgehead atoms. The number of nitrogens with zero attached hydrogens (tertiary/aromatic N) is 3. The minimum atomic E-state index is -0.453. The van der Waals surface area contributed by atoms with Gasteiger partial charge in [0.2, 0.25) is 5.91 Å². The summed E-state index contributed by atoms with van der Waals surface area (Å²) >= 11 is 0. The van der Waals surface area contributed by atoms with Gasteiger partial charge in [0, 0.05) is 6.92 Å². The first-order valence-corrected chi connectivity index (χ1v) is 7.39. The number of aromatic nitrogens is 1. The van der Waals surface area contributed by atoms with Crippen molar-refractivity contribution in [3.63, 3.8) is 0 Å². The van der Waals surface area contributed by atoms with Crippen molar-refractivity contribution in [2.45, 2.75) is 6.92 Å². The summed E-state index contributed by atoms with van der Waals surface area (Å²) in [6, 6.07) is 9.86. The molecule has 2 rings (SSSR count). The zero-order valence-corrected chi connectivity index (χ0v) is 13.8. The number of hydrogen-bond donors (Lipinski definition) is 3. The normalized spacial score (nSPS) is 10.6. The zero-order valence-electron chi connectivity index (χ0n) is 13.8. The summed E-state index contributed by atoms with van der Waals surface area (Å²) < 4.78 is 5.06. The van der Waals surface area contributed by atoms with Gasteiger partial charge in [-0.05, 0) is 31.3 Å². The molecule has 0 saturated heterocycles. The molecule has 0 unspecified atom stereocenters. The van der Waals surface area contributed by atoms with E-state index in [9.17, 15) is 9.59 Å². The van der Waals surface area contributed by atoms with E-state index in [1.165, 1.54) is 6.92 Å². The first kappa shape index (κ1) is 18.0. The van der Waals surface area contributed by atoms with Gasteiger partial charge in [0.25, 0.3) is 0 Å². The number of anilines is 2. The molecule has 25 heavy (non-hydrogen) atoms. The Labute approximate surface area is 144 Å². The Morgan fingerprint density at radius 3 is 2.56 bits per heavy atom. The maximum absolute atomic E-state index is 11.5. The fourth-order valence-electron chi connectivity index (χ4n) is 1.86. The van der Waals surface area contributed by atoms with Gasteiger partial charge in [0.15, 0.2) is 11.6 Å². The number of rotatable bonds is 6. The van der Waals surface area contributed by atoms with Gasteiger partial charge in [-0.25, -0.2) is 4.98 Å². The maximum Gasteiger partial charge on any atom is 0.308 e. The highest BCUT2D eigenvalue weighted by Gasteiger charge is 2.07. The number of nitrogens with one attached hydrogen (secondary N) is 2. The number of nitrogens with two attached hydrogens (primary N) is 1. The largest absolute Gasteiger partial charge is 0.424 e. The Morgan fingerprint density at radius 2 is 1.88 bits per heavy atom. The summed E-state index contributed by atoms with van der Waals surface area (Å²) in [5.74, 6) is 0.0267. The van der Waals surface area contributed by atoms with Crippen LogP contribution in [0.1, 0.15) is 6.92 Å². The molecule has 4 N–H and O–H groups in total. The number of hydrogen-bond acceptors (Lipinski definition) is 8. The number of para-hydroxylation sites is 1. The summed E-state index contributed by atoms with van der Waals surface area (Å²) in [6.07, 6.45) is 0. The van der Waals surface area contributed by atoms with E-state index in [1.54, 1.807) is 43.4 Å². The van der Waals surface area contributed by atoms with Crippen molar-refractivity contribution in [2.75, 3.05) is 24.6 Å². The summed E-state index contributed by atoms with van der Waals surface area (Å²) in [7, 11) is 1.67. The SMILES string of the molecule is CNCC(=O)Nc1ccc(N=Nc2ccccc2OC(C)=O)c(N)n1. The van der Waals surface area contributed by atoms with Gasteiger partial charge in [-0.2, -0.15) is 0 Å². The number of benzene rings is 1. The van der Waals surface area contributed by atoms with Crippen molar-refractivity contribution in [1.29, 1.82) is 0 Å². The Kier molecular flexibility index (Phi) is 6.13. The number of pyridine rings is 1. The van der Waals surface area contributed by atoms with E-state index >= 15 is 0 Å². The molecule has 0 aliphatic carbocycles. The fraction of sp³-hybridized carbons (Fsp3) is 0.188. The van der Waals surface area contributed by atoms with Gasteiger partial charge in [0.1, 0.15) is 17.2 Å². The fourth-order valence-corrected chi connectivity index (χ4v) is 1.86. The van der Waals surface area contributed by atoms with Gasteiger partial charge in [-0.1, -0.05) is 12.1 Å². The van der Waals surface area contributed by atoms with Crippen LogP contribution >= 0.6 is 0 Å². The number of esters is 1. The van der Waals surface area contributed by atoms with Crippen LogP contribution in [0.5, 0.6) is 5.75 Å². The number of nitrogen functional groups attached to an aromatic ring is 1. The average molecular weight is 342 g/mol.